The van der Waals surface area contributed by atoms with Crippen LogP contribution < -0.4 is 15.5 Å². The molecule has 41 heavy (non-hydrogen) atoms. The van der Waals surface area contributed by atoms with E-state index in [2.05, 4.69) is 58.6 Å². The summed E-state index contributed by atoms with van der Waals surface area (Å²) >= 11 is 0. The van der Waals surface area contributed by atoms with Crippen LogP contribution in [0.3, 0.4) is 0 Å². The summed E-state index contributed by atoms with van der Waals surface area (Å²) in [6, 6.07) is 19.2. The Kier molecular flexibility index (Phi) is 10.8. The van der Waals surface area contributed by atoms with Crippen molar-refractivity contribution in [2.45, 2.75) is 58.5 Å². The zero-order valence-corrected chi connectivity index (χ0v) is 24.2. The summed E-state index contributed by atoms with van der Waals surface area (Å²) in [6.07, 6.45) is 5.81. The van der Waals surface area contributed by atoms with Crippen LogP contribution in [0, 0.1) is 11.6 Å². The number of anilines is 1. The summed E-state index contributed by atoms with van der Waals surface area (Å²) in [7, 11) is 2.02. The number of benzene rings is 3. The lowest BCUT2D eigenvalue weighted by atomic mass is 10.0. The Hall–Kier alpha value is -3.84. The number of carbonyl (C=O) groups excluding carboxylic acids is 1. The van der Waals surface area contributed by atoms with Crippen molar-refractivity contribution in [3.63, 3.8) is 0 Å². The predicted molar refractivity (Wildman–Crippen MR) is 163 cm³/mol. The number of carbonyl (C=O) groups is 1. The van der Waals surface area contributed by atoms with E-state index >= 15 is 0 Å². The highest BCUT2D eigenvalue weighted by molar-refractivity contribution is 6.01. The van der Waals surface area contributed by atoms with Gasteiger partial charge < -0.3 is 15.5 Å². The van der Waals surface area contributed by atoms with Gasteiger partial charge in [-0.1, -0.05) is 50.6 Å². The maximum absolute atomic E-state index is 13.9. The topological polar surface area (TPSA) is 57.3 Å². The van der Waals surface area contributed by atoms with Gasteiger partial charge in [0, 0.05) is 49.4 Å². The zero-order chi connectivity index (χ0) is 29.2. The summed E-state index contributed by atoms with van der Waals surface area (Å²) in [4.78, 5) is 20.2. The minimum Gasteiger partial charge on any atom is -0.359 e. The second-order valence-electron chi connectivity index (χ2n) is 10.6. The van der Waals surface area contributed by atoms with E-state index < -0.39 is 11.6 Å². The maximum Gasteiger partial charge on any atom is 0.251 e. The maximum atomic E-state index is 13.9. The van der Waals surface area contributed by atoms with Crippen molar-refractivity contribution in [2.24, 2.45) is 0 Å². The number of rotatable bonds is 14. The fourth-order valence-electron chi connectivity index (χ4n) is 5.08. The van der Waals surface area contributed by atoms with Crippen molar-refractivity contribution in [3.8, 4) is 0 Å². The number of aromatic nitrogens is 1. The average molecular weight is 559 g/mol. The molecular formula is C34H40F2N4O. The van der Waals surface area contributed by atoms with E-state index in [1.807, 2.05) is 31.3 Å². The number of amides is 1. The van der Waals surface area contributed by atoms with Crippen LogP contribution in [-0.2, 0) is 19.4 Å². The lowest BCUT2D eigenvalue weighted by molar-refractivity contribution is 0.0935. The van der Waals surface area contributed by atoms with Crippen LogP contribution in [0.25, 0.3) is 10.8 Å². The molecule has 4 aromatic rings. The molecule has 1 amide bonds. The molecule has 3 aromatic carbocycles. The number of pyridine rings is 1. The molecule has 0 radical (unpaired) electrons. The summed E-state index contributed by atoms with van der Waals surface area (Å²) in [5.41, 5.74) is 3.51. The fourth-order valence-corrected chi connectivity index (χ4v) is 5.08. The van der Waals surface area contributed by atoms with Crippen molar-refractivity contribution in [2.75, 3.05) is 25.0 Å². The molecule has 1 heterocycles. The van der Waals surface area contributed by atoms with Gasteiger partial charge in [-0.3, -0.25) is 4.79 Å². The number of aryl methyl sites for hydroxylation is 1. The monoisotopic (exact) mass is 558 g/mol. The van der Waals surface area contributed by atoms with E-state index in [9.17, 15) is 13.6 Å². The first-order valence-corrected chi connectivity index (χ1v) is 14.5. The van der Waals surface area contributed by atoms with E-state index in [0.717, 1.165) is 48.5 Å². The van der Waals surface area contributed by atoms with Crippen molar-refractivity contribution in [1.82, 2.24) is 15.6 Å². The molecule has 1 aromatic heterocycles. The Balaban J connectivity index is 1.49. The zero-order valence-electron chi connectivity index (χ0n) is 24.2. The van der Waals surface area contributed by atoms with Gasteiger partial charge in [-0.05, 0) is 84.6 Å². The van der Waals surface area contributed by atoms with E-state index in [-0.39, 0.29) is 11.9 Å². The van der Waals surface area contributed by atoms with Crippen molar-refractivity contribution in [1.29, 1.82) is 0 Å². The lowest BCUT2D eigenvalue weighted by Crippen LogP contribution is -2.38. The molecule has 216 valence electrons. The number of hydrogen-bond donors (Lipinski definition) is 2. The molecule has 0 aliphatic heterocycles. The SMILES string of the molecule is CCCCN(C)c1nccc2ccc(C(=O)N[C@H](CCNCc3cccc(CC)c3)Cc3cc(F)cc(F)c3)cc12. The van der Waals surface area contributed by atoms with Gasteiger partial charge >= 0.3 is 0 Å². The summed E-state index contributed by atoms with van der Waals surface area (Å²) in [5.74, 6) is -0.634. The Morgan fingerprint density at radius 2 is 1.73 bits per heavy atom. The first-order chi connectivity index (χ1) is 19.9. The minimum atomic E-state index is -0.624. The Labute approximate surface area is 242 Å². The van der Waals surface area contributed by atoms with Crippen molar-refractivity contribution >= 4 is 22.5 Å². The highest BCUT2D eigenvalue weighted by atomic mass is 19.1. The molecular weight excluding hydrogens is 518 g/mol. The highest BCUT2D eigenvalue weighted by Gasteiger charge is 2.17. The molecule has 0 aliphatic carbocycles. The number of nitrogens with zero attached hydrogens (tertiary/aromatic N) is 2. The summed E-state index contributed by atoms with van der Waals surface area (Å²) < 4.78 is 27.9. The number of halogens is 2. The third-order valence-electron chi connectivity index (χ3n) is 7.35. The van der Waals surface area contributed by atoms with E-state index in [1.54, 1.807) is 6.20 Å². The van der Waals surface area contributed by atoms with E-state index in [4.69, 9.17) is 0 Å². The highest BCUT2D eigenvalue weighted by Crippen LogP contribution is 2.25. The largest absolute Gasteiger partial charge is 0.359 e. The van der Waals surface area contributed by atoms with Gasteiger partial charge in [-0.2, -0.15) is 0 Å². The predicted octanol–water partition coefficient (Wildman–Crippen LogP) is 6.83. The number of hydrogen-bond acceptors (Lipinski definition) is 4. The van der Waals surface area contributed by atoms with Gasteiger partial charge in [0.25, 0.3) is 5.91 Å². The van der Waals surface area contributed by atoms with Crippen LogP contribution in [0.2, 0.25) is 0 Å². The normalized spacial score (nSPS) is 11.9. The molecule has 5 nitrogen and oxygen atoms in total. The minimum absolute atomic E-state index is 0.226. The molecule has 0 spiro atoms. The van der Waals surface area contributed by atoms with Crippen LogP contribution in [0.1, 0.15) is 60.2 Å². The van der Waals surface area contributed by atoms with Gasteiger partial charge in [0.05, 0.1) is 0 Å². The molecule has 1 atom stereocenters. The quantitative estimate of drug-likeness (QED) is 0.167. The molecule has 0 bridgehead atoms. The van der Waals surface area contributed by atoms with Gasteiger partial charge in [-0.25, -0.2) is 13.8 Å². The number of unbranched alkanes of at least 4 members (excludes halogenated alkanes) is 1. The Morgan fingerprint density at radius 1 is 0.951 bits per heavy atom. The van der Waals surface area contributed by atoms with Crippen molar-refractivity contribution < 1.29 is 13.6 Å². The van der Waals surface area contributed by atoms with Crippen LogP contribution >= 0.6 is 0 Å². The molecule has 0 aliphatic rings. The second kappa shape index (κ2) is 14.7. The first-order valence-electron chi connectivity index (χ1n) is 14.5. The molecule has 4 rings (SSSR count). The lowest BCUT2D eigenvalue weighted by Gasteiger charge is -2.21. The molecule has 0 saturated heterocycles. The molecule has 0 unspecified atom stereocenters. The van der Waals surface area contributed by atoms with E-state index in [0.29, 0.717) is 37.1 Å². The van der Waals surface area contributed by atoms with E-state index in [1.165, 1.54) is 23.3 Å². The van der Waals surface area contributed by atoms with Gasteiger partial charge in [0.2, 0.25) is 0 Å². The van der Waals surface area contributed by atoms with Crippen molar-refractivity contribution in [3.05, 3.63) is 107 Å². The Bertz CT molecular complexity index is 1440. The summed E-state index contributed by atoms with van der Waals surface area (Å²) in [5, 5.41) is 8.51. The van der Waals surface area contributed by atoms with Gasteiger partial charge in [0.15, 0.2) is 0 Å². The first kappa shape index (κ1) is 30.1. The number of nitrogens with one attached hydrogen (secondary N) is 2. The van der Waals surface area contributed by atoms with Gasteiger partial charge in [-0.15, -0.1) is 0 Å². The Morgan fingerprint density at radius 3 is 2.49 bits per heavy atom. The molecule has 2 N–H and O–H groups in total. The number of fused-ring (bicyclic) bond motifs is 1. The van der Waals surface area contributed by atoms with Crippen LogP contribution in [0.4, 0.5) is 14.6 Å². The fraction of sp³-hybridized carbons (Fsp3) is 0.353. The third-order valence-corrected chi connectivity index (χ3v) is 7.35. The van der Waals surface area contributed by atoms with Crippen LogP contribution in [-0.4, -0.2) is 37.1 Å². The average Bonchev–Trinajstić information content (AvgIpc) is 2.97. The molecule has 0 fully saturated rings. The standard InChI is InChI=1S/C34H40F2N4O/c1-4-6-16-40(3)33-32-21-28(11-10-27(32)12-15-38-33)34(41)39-31(20-26-18-29(35)22-30(36)19-26)13-14-37-23-25-9-7-8-24(5-2)17-25/h7-12,15,17-19,21-22,31,37H,4-6,13-14,16,20,23H2,1-3H3,(H,39,41)/t31-/m1/s1. The van der Waals surface area contributed by atoms with Crippen LogP contribution in [0.5, 0.6) is 0 Å². The second-order valence-corrected chi connectivity index (χ2v) is 10.6. The molecule has 0 saturated carbocycles. The van der Waals surface area contributed by atoms with Gasteiger partial charge in [0.1, 0.15) is 17.5 Å². The smallest absolute Gasteiger partial charge is 0.251 e. The third kappa shape index (κ3) is 8.57. The molecule has 7 heteroatoms. The summed E-state index contributed by atoms with van der Waals surface area (Å²) in [6.45, 7) is 6.50. The van der Waals surface area contributed by atoms with Crippen LogP contribution in [0.15, 0.2) is 72.9 Å².